The van der Waals surface area contributed by atoms with Gasteiger partial charge < -0.3 is 10.1 Å². The predicted octanol–water partition coefficient (Wildman–Crippen LogP) is 3.15. The van der Waals surface area contributed by atoms with Gasteiger partial charge in [0.25, 0.3) is 0 Å². The van der Waals surface area contributed by atoms with Crippen LogP contribution >= 0.6 is 0 Å². The van der Waals surface area contributed by atoms with Crippen molar-refractivity contribution in [1.82, 2.24) is 9.97 Å². The Morgan fingerprint density at radius 1 is 1.10 bits per heavy atom. The molecule has 0 aliphatic heterocycles. The van der Waals surface area contributed by atoms with Crippen LogP contribution in [0.1, 0.15) is 23.9 Å². The van der Waals surface area contributed by atoms with Gasteiger partial charge in [-0.15, -0.1) is 0 Å². The molecule has 20 heavy (non-hydrogen) atoms. The molecule has 0 saturated carbocycles. The van der Waals surface area contributed by atoms with E-state index in [2.05, 4.69) is 21.4 Å². The van der Waals surface area contributed by atoms with Crippen molar-refractivity contribution in [2.24, 2.45) is 0 Å². The minimum atomic E-state index is 0.685. The SMILES string of the molecule is CCOc1ccccc1CCNc1nc(C)cc(C)n1. The summed E-state index contributed by atoms with van der Waals surface area (Å²) >= 11 is 0. The summed E-state index contributed by atoms with van der Waals surface area (Å²) in [6, 6.07) is 10.1. The average Bonchev–Trinajstić information content (AvgIpc) is 2.40. The Bertz CT molecular complexity index is 549. The van der Waals surface area contributed by atoms with E-state index in [4.69, 9.17) is 4.74 Å². The lowest BCUT2D eigenvalue weighted by Crippen LogP contribution is -2.10. The standard InChI is InChI=1S/C16H21N3O/c1-4-20-15-8-6-5-7-14(15)9-10-17-16-18-12(2)11-13(3)19-16/h5-8,11H,4,9-10H2,1-3H3,(H,17,18,19). The largest absolute Gasteiger partial charge is 0.494 e. The van der Waals surface area contributed by atoms with Gasteiger partial charge in [-0.2, -0.15) is 0 Å². The van der Waals surface area contributed by atoms with E-state index in [-0.39, 0.29) is 0 Å². The Balaban J connectivity index is 1.95. The molecule has 4 heteroatoms. The van der Waals surface area contributed by atoms with E-state index in [1.165, 1.54) is 5.56 Å². The van der Waals surface area contributed by atoms with E-state index in [1.54, 1.807) is 0 Å². The van der Waals surface area contributed by atoms with E-state index in [0.717, 1.165) is 30.1 Å². The molecule has 0 saturated heterocycles. The van der Waals surface area contributed by atoms with Gasteiger partial charge in [0.2, 0.25) is 5.95 Å². The quantitative estimate of drug-likeness (QED) is 0.876. The van der Waals surface area contributed by atoms with Crippen molar-refractivity contribution >= 4 is 5.95 Å². The van der Waals surface area contributed by atoms with E-state index < -0.39 is 0 Å². The van der Waals surface area contributed by atoms with Crippen LogP contribution in [0.2, 0.25) is 0 Å². The van der Waals surface area contributed by atoms with Crippen molar-refractivity contribution in [2.45, 2.75) is 27.2 Å². The normalized spacial score (nSPS) is 10.3. The van der Waals surface area contributed by atoms with E-state index in [0.29, 0.717) is 12.6 Å². The topological polar surface area (TPSA) is 47.0 Å². The molecule has 0 amide bonds. The summed E-state index contributed by atoms with van der Waals surface area (Å²) in [5, 5.41) is 3.27. The lowest BCUT2D eigenvalue weighted by molar-refractivity contribution is 0.336. The van der Waals surface area contributed by atoms with E-state index in [1.807, 2.05) is 45.0 Å². The molecule has 0 aliphatic carbocycles. The predicted molar refractivity (Wildman–Crippen MR) is 81.3 cm³/mol. The van der Waals surface area contributed by atoms with Crippen LogP contribution in [0.4, 0.5) is 5.95 Å². The molecule has 0 fully saturated rings. The Kier molecular flexibility index (Phi) is 4.93. The highest BCUT2D eigenvalue weighted by atomic mass is 16.5. The van der Waals surface area contributed by atoms with Crippen molar-refractivity contribution in [1.29, 1.82) is 0 Å². The molecule has 0 aliphatic rings. The number of rotatable bonds is 6. The number of ether oxygens (including phenoxy) is 1. The molecule has 1 aromatic carbocycles. The number of aryl methyl sites for hydroxylation is 2. The molecule has 106 valence electrons. The lowest BCUT2D eigenvalue weighted by Gasteiger charge is -2.11. The molecule has 2 rings (SSSR count). The summed E-state index contributed by atoms with van der Waals surface area (Å²) < 4.78 is 5.62. The van der Waals surface area contributed by atoms with Crippen LogP contribution in [0, 0.1) is 13.8 Å². The number of hydrogen-bond donors (Lipinski definition) is 1. The number of nitrogens with one attached hydrogen (secondary N) is 1. The van der Waals surface area contributed by atoms with Gasteiger partial charge in [0, 0.05) is 17.9 Å². The van der Waals surface area contributed by atoms with Crippen LogP contribution in [0.15, 0.2) is 30.3 Å². The molecule has 0 unspecified atom stereocenters. The highest BCUT2D eigenvalue weighted by Crippen LogP contribution is 2.18. The van der Waals surface area contributed by atoms with Crippen LogP contribution in [0.3, 0.4) is 0 Å². The second-order valence-corrected chi connectivity index (χ2v) is 4.69. The van der Waals surface area contributed by atoms with Crippen LogP contribution in [-0.2, 0) is 6.42 Å². The maximum absolute atomic E-state index is 5.62. The number of para-hydroxylation sites is 1. The first-order valence-corrected chi connectivity index (χ1v) is 6.96. The zero-order valence-corrected chi connectivity index (χ0v) is 12.3. The Morgan fingerprint density at radius 3 is 2.50 bits per heavy atom. The minimum absolute atomic E-state index is 0.685. The Morgan fingerprint density at radius 2 is 1.80 bits per heavy atom. The second-order valence-electron chi connectivity index (χ2n) is 4.69. The summed E-state index contributed by atoms with van der Waals surface area (Å²) in [5.41, 5.74) is 3.16. The maximum Gasteiger partial charge on any atom is 0.223 e. The van der Waals surface area contributed by atoms with E-state index >= 15 is 0 Å². The molecular formula is C16H21N3O. The van der Waals surface area contributed by atoms with Crippen LogP contribution in [-0.4, -0.2) is 23.1 Å². The third kappa shape index (κ3) is 3.95. The Hall–Kier alpha value is -2.10. The summed E-state index contributed by atoms with van der Waals surface area (Å²) in [6.45, 7) is 7.42. The maximum atomic E-state index is 5.62. The summed E-state index contributed by atoms with van der Waals surface area (Å²) in [6.07, 6.45) is 0.881. The fraction of sp³-hybridized carbons (Fsp3) is 0.375. The monoisotopic (exact) mass is 271 g/mol. The molecule has 0 bridgehead atoms. The van der Waals surface area contributed by atoms with Gasteiger partial charge in [-0.3, -0.25) is 0 Å². The molecular weight excluding hydrogens is 250 g/mol. The molecule has 0 radical (unpaired) electrons. The van der Waals surface area contributed by atoms with Gasteiger partial charge in [0.15, 0.2) is 0 Å². The van der Waals surface area contributed by atoms with Crippen molar-refractivity contribution in [3.63, 3.8) is 0 Å². The Labute approximate surface area is 120 Å². The van der Waals surface area contributed by atoms with Crippen molar-refractivity contribution in [3.8, 4) is 5.75 Å². The van der Waals surface area contributed by atoms with Gasteiger partial charge >= 0.3 is 0 Å². The molecule has 4 nitrogen and oxygen atoms in total. The molecule has 2 aromatic rings. The first kappa shape index (κ1) is 14.3. The fourth-order valence-electron chi connectivity index (χ4n) is 2.12. The molecule has 1 aromatic heterocycles. The average molecular weight is 271 g/mol. The zero-order chi connectivity index (χ0) is 14.4. The van der Waals surface area contributed by atoms with Crippen molar-refractivity contribution in [3.05, 3.63) is 47.3 Å². The van der Waals surface area contributed by atoms with Gasteiger partial charge in [-0.05, 0) is 44.9 Å². The third-order valence-electron chi connectivity index (χ3n) is 2.93. The second kappa shape index (κ2) is 6.89. The van der Waals surface area contributed by atoms with E-state index in [9.17, 15) is 0 Å². The van der Waals surface area contributed by atoms with Gasteiger partial charge in [-0.1, -0.05) is 18.2 Å². The van der Waals surface area contributed by atoms with Crippen LogP contribution in [0.5, 0.6) is 5.75 Å². The highest BCUT2D eigenvalue weighted by molar-refractivity contribution is 5.35. The third-order valence-corrected chi connectivity index (χ3v) is 2.93. The zero-order valence-electron chi connectivity index (χ0n) is 12.3. The first-order chi connectivity index (χ1) is 9.69. The minimum Gasteiger partial charge on any atom is -0.494 e. The highest BCUT2D eigenvalue weighted by Gasteiger charge is 2.03. The van der Waals surface area contributed by atoms with Crippen LogP contribution < -0.4 is 10.1 Å². The van der Waals surface area contributed by atoms with Gasteiger partial charge in [0.1, 0.15) is 5.75 Å². The van der Waals surface area contributed by atoms with Gasteiger partial charge in [0.05, 0.1) is 6.61 Å². The summed E-state index contributed by atoms with van der Waals surface area (Å²) in [4.78, 5) is 8.74. The molecule has 1 N–H and O–H groups in total. The molecule has 0 spiro atoms. The van der Waals surface area contributed by atoms with Crippen molar-refractivity contribution < 1.29 is 4.74 Å². The molecule has 1 heterocycles. The number of anilines is 1. The number of aromatic nitrogens is 2. The van der Waals surface area contributed by atoms with Crippen molar-refractivity contribution in [2.75, 3.05) is 18.5 Å². The first-order valence-electron chi connectivity index (χ1n) is 6.96. The number of hydrogen-bond acceptors (Lipinski definition) is 4. The fourth-order valence-corrected chi connectivity index (χ4v) is 2.12. The smallest absolute Gasteiger partial charge is 0.223 e. The van der Waals surface area contributed by atoms with Gasteiger partial charge in [-0.25, -0.2) is 9.97 Å². The lowest BCUT2D eigenvalue weighted by atomic mass is 10.1. The number of nitrogens with zero attached hydrogens (tertiary/aromatic N) is 2. The summed E-state index contributed by atoms with van der Waals surface area (Å²) in [7, 11) is 0. The number of benzene rings is 1. The molecule has 0 atom stereocenters. The summed E-state index contributed by atoms with van der Waals surface area (Å²) in [5.74, 6) is 1.65. The van der Waals surface area contributed by atoms with Crippen LogP contribution in [0.25, 0.3) is 0 Å².